The van der Waals surface area contributed by atoms with Crippen LogP contribution in [0.25, 0.3) is 11.1 Å². The molecule has 4 N–H and O–H groups in total. The predicted octanol–water partition coefficient (Wildman–Crippen LogP) is 3.02. The van der Waals surface area contributed by atoms with Gasteiger partial charge in [0.1, 0.15) is 6.04 Å². The smallest absolute Gasteiger partial charge is 0.318 e. The Hall–Kier alpha value is -2.34. The van der Waals surface area contributed by atoms with Gasteiger partial charge in [-0.05, 0) is 75.0 Å². The number of hydrogen-bond acceptors (Lipinski definition) is 3. The van der Waals surface area contributed by atoms with Crippen LogP contribution in [0.2, 0.25) is 0 Å². The van der Waals surface area contributed by atoms with E-state index in [1.807, 2.05) is 19.9 Å². The van der Waals surface area contributed by atoms with Crippen molar-refractivity contribution >= 4 is 11.7 Å². The third-order valence-corrected chi connectivity index (χ3v) is 5.72. The van der Waals surface area contributed by atoms with Crippen LogP contribution in [0.1, 0.15) is 36.9 Å². The van der Waals surface area contributed by atoms with Crippen LogP contribution in [0.4, 0.5) is 10.2 Å². The highest BCUT2D eigenvalue weighted by Gasteiger charge is 2.47. The molecule has 2 heterocycles. The number of aryl methyl sites for hydroxylation is 2. The van der Waals surface area contributed by atoms with Crippen molar-refractivity contribution < 1.29 is 14.2 Å². The number of nitrogens with two attached hydrogens (primary N) is 1. The number of amides is 1. The van der Waals surface area contributed by atoms with Crippen LogP contribution < -0.4 is 16.0 Å². The van der Waals surface area contributed by atoms with E-state index in [1.54, 1.807) is 18.3 Å². The molecule has 4 rings (SSSR count). The first-order valence-electron chi connectivity index (χ1n) is 9.66. The van der Waals surface area contributed by atoms with Gasteiger partial charge in [0.25, 0.3) is 11.8 Å². The number of aromatic amines is 1. The van der Waals surface area contributed by atoms with E-state index in [9.17, 15) is 9.18 Å². The van der Waals surface area contributed by atoms with E-state index in [4.69, 9.17) is 5.73 Å². The molecule has 1 amide bonds. The van der Waals surface area contributed by atoms with E-state index < -0.39 is 12.0 Å². The lowest BCUT2D eigenvalue weighted by Crippen LogP contribution is -2.44. The Bertz CT molecular complexity index is 864. The molecule has 0 bridgehead atoms. The molecule has 6 heteroatoms. The van der Waals surface area contributed by atoms with Crippen LogP contribution in [-0.2, 0) is 4.79 Å². The average molecular weight is 369 g/mol. The van der Waals surface area contributed by atoms with E-state index in [0.717, 1.165) is 16.8 Å². The molecule has 2 fully saturated rings. The van der Waals surface area contributed by atoms with Crippen molar-refractivity contribution in [3.63, 3.8) is 0 Å². The highest BCUT2D eigenvalue weighted by molar-refractivity contribution is 5.93. The molecule has 5 nitrogen and oxygen atoms in total. The minimum absolute atomic E-state index is 0.240. The monoisotopic (exact) mass is 369 g/mol. The summed E-state index contributed by atoms with van der Waals surface area (Å²) in [6, 6.07) is 4.70. The zero-order valence-electron chi connectivity index (χ0n) is 15.8. The van der Waals surface area contributed by atoms with Gasteiger partial charge >= 0.3 is 5.91 Å². The molecule has 2 saturated carbocycles. The van der Waals surface area contributed by atoms with Crippen LogP contribution in [-0.4, -0.2) is 16.9 Å². The number of H-pyrrole nitrogens is 1. The molecular formula is C21H26FN4O+. The van der Waals surface area contributed by atoms with Crippen molar-refractivity contribution in [1.82, 2.24) is 4.98 Å². The van der Waals surface area contributed by atoms with Crippen LogP contribution in [0, 0.1) is 37.5 Å². The van der Waals surface area contributed by atoms with Gasteiger partial charge in [-0.25, -0.2) is 15.1 Å². The van der Waals surface area contributed by atoms with E-state index in [1.165, 1.54) is 25.7 Å². The van der Waals surface area contributed by atoms with Crippen molar-refractivity contribution in [3.8, 4) is 11.1 Å². The third-order valence-electron chi connectivity index (χ3n) is 5.72. The number of carbonyl (C=O) groups excluding carboxylic acids is 1. The maximum atomic E-state index is 14.7. The predicted molar refractivity (Wildman–Crippen MR) is 101 cm³/mol. The molecule has 0 aromatic carbocycles. The van der Waals surface area contributed by atoms with Crippen LogP contribution in [0.3, 0.4) is 0 Å². The molecule has 0 aliphatic heterocycles. The van der Waals surface area contributed by atoms with Crippen molar-refractivity contribution in [2.75, 3.05) is 5.32 Å². The van der Waals surface area contributed by atoms with Gasteiger partial charge in [-0.15, -0.1) is 0 Å². The summed E-state index contributed by atoms with van der Waals surface area (Å²) in [5.74, 6) is 1.00. The lowest BCUT2D eigenvalue weighted by atomic mass is 9.89. The summed E-state index contributed by atoms with van der Waals surface area (Å²) in [5.41, 5.74) is 9.14. The zero-order valence-corrected chi connectivity index (χ0v) is 15.8. The SMILES string of the molecule is Cc1cnc(C)c(-c2ccc(NC(=O)[C@@H](N)C(C3CC3)C3CC3)[nH+]c2F)c1. The summed E-state index contributed by atoms with van der Waals surface area (Å²) in [4.78, 5) is 19.5. The molecule has 27 heavy (non-hydrogen) atoms. The molecule has 2 aliphatic carbocycles. The number of nitrogens with one attached hydrogen (secondary N) is 2. The quantitative estimate of drug-likeness (QED) is 0.768. The maximum absolute atomic E-state index is 14.7. The number of anilines is 1. The van der Waals surface area contributed by atoms with Gasteiger partial charge in [-0.2, -0.15) is 4.39 Å². The van der Waals surface area contributed by atoms with E-state index >= 15 is 0 Å². The molecule has 1 atom stereocenters. The molecule has 0 radical (unpaired) electrons. The fourth-order valence-corrected chi connectivity index (χ4v) is 3.98. The molecule has 0 spiro atoms. The van der Waals surface area contributed by atoms with Gasteiger partial charge in [-0.1, -0.05) is 0 Å². The lowest BCUT2D eigenvalue weighted by Gasteiger charge is -2.20. The zero-order chi connectivity index (χ0) is 19.1. The first-order chi connectivity index (χ1) is 12.9. The van der Waals surface area contributed by atoms with Gasteiger partial charge in [-0.3, -0.25) is 4.98 Å². The van der Waals surface area contributed by atoms with Crippen LogP contribution in [0.15, 0.2) is 24.4 Å². The normalized spacial score (nSPS) is 17.8. The van der Waals surface area contributed by atoms with Gasteiger partial charge in [0, 0.05) is 23.5 Å². The summed E-state index contributed by atoms with van der Waals surface area (Å²) in [6.07, 6.45) is 6.43. The number of hydrogen-bond donors (Lipinski definition) is 2. The summed E-state index contributed by atoms with van der Waals surface area (Å²) < 4.78 is 14.7. The van der Waals surface area contributed by atoms with Gasteiger partial charge < -0.3 is 5.73 Å². The van der Waals surface area contributed by atoms with E-state index in [0.29, 0.717) is 23.2 Å². The first kappa shape index (κ1) is 18.0. The first-order valence-corrected chi connectivity index (χ1v) is 9.66. The molecule has 2 aliphatic rings. The molecule has 2 aromatic heterocycles. The van der Waals surface area contributed by atoms with Crippen LogP contribution in [0.5, 0.6) is 0 Å². The second kappa shape index (κ2) is 7.00. The van der Waals surface area contributed by atoms with E-state index in [-0.39, 0.29) is 11.8 Å². The van der Waals surface area contributed by atoms with E-state index in [2.05, 4.69) is 15.3 Å². The molecule has 0 saturated heterocycles. The van der Waals surface area contributed by atoms with Crippen molar-refractivity contribution in [3.05, 3.63) is 41.6 Å². The number of halogens is 1. The van der Waals surface area contributed by atoms with Gasteiger partial charge in [0.05, 0.1) is 5.56 Å². The number of rotatable bonds is 6. The maximum Gasteiger partial charge on any atom is 0.324 e. The summed E-state index contributed by atoms with van der Waals surface area (Å²) in [6.45, 7) is 3.77. The standard InChI is InChI=1S/C21H25FN4O/c1-11-9-16(12(2)24-10-11)15-7-8-17(25-20(15)22)26-21(27)19(23)18(13-3-4-13)14-5-6-14/h7-10,13-14,18-19H,3-6,23H2,1-2H3,(H,25,26,27)/p+1/t19-/m0/s1. The number of nitrogens with zero attached hydrogens (tertiary/aromatic N) is 1. The Morgan fingerprint density at radius 3 is 2.48 bits per heavy atom. The highest BCUT2D eigenvalue weighted by atomic mass is 19.1. The molecule has 0 unspecified atom stereocenters. The second-order valence-electron chi connectivity index (χ2n) is 8.01. The Morgan fingerprint density at radius 2 is 1.89 bits per heavy atom. The van der Waals surface area contributed by atoms with Crippen LogP contribution >= 0.6 is 0 Å². The second-order valence-corrected chi connectivity index (χ2v) is 8.01. The fourth-order valence-electron chi connectivity index (χ4n) is 3.98. The topological polar surface area (TPSA) is 82.2 Å². The number of carbonyl (C=O) groups is 1. The van der Waals surface area contributed by atoms with Gasteiger partial charge in [0.15, 0.2) is 0 Å². The summed E-state index contributed by atoms with van der Waals surface area (Å²) in [5, 5.41) is 2.76. The minimum atomic E-state index is -0.538. The summed E-state index contributed by atoms with van der Waals surface area (Å²) >= 11 is 0. The fraction of sp³-hybridized carbons (Fsp3) is 0.476. The minimum Gasteiger partial charge on any atom is -0.318 e. The number of pyridine rings is 2. The van der Waals surface area contributed by atoms with Crippen molar-refractivity contribution in [1.29, 1.82) is 0 Å². The highest BCUT2D eigenvalue weighted by Crippen LogP contribution is 2.50. The lowest BCUT2D eigenvalue weighted by molar-refractivity contribution is -0.404. The summed E-state index contributed by atoms with van der Waals surface area (Å²) in [7, 11) is 0. The Labute approximate surface area is 158 Å². The largest absolute Gasteiger partial charge is 0.324 e. The average Bonchev–Trinajstić information content (AvgIpc) is 3.52. The van der Waals surface area contributed by atoms with Crippen molar-refractivity contribution in [2.45, 2.75) is 45.6 Å². The Kier molecular flexibility index (Phi) is 4.68. The molecule has 142 valence electrons. The van der Waals surface area contributed by atoms with Crippen molar-refractivity contribution in [2.24, 2.45) is 23.5 Å². The number of aromatic nitrogens is 2. The Morgan fingerprint density at radius 1 is 1.22 bits per heavy atom. The molecular weight excluding hydrogens is 343 g/mol. The third kappa shape index (κ3) is 3.86. The van der Waals surface area contributed by atoms with Gasteiger partial charge in [0.2, 0.25) is 0 Å². The molecule has 2 aromatic rings. The Balaban J connectivity index is 1.50.